The van der Waals surface area contributed by atoms with E-state index in [1.54, 1.807) is 6.33 Å². The van der Waals surface area contributed by atoms with Gasteiger partial charge in [-0.15, -0.1) is 10.2 Å². The van der Waals surface area contributed by atoms with Crippen molar-refractivity contribution in [3.8, 4) is 11.4 Å². The van der Waals surface area contributed by atoms with Gasteiger partial charge >= 0.3 is 0 Å². The van der Waals surface area contributed by atoms with Crippen LogP contribution in [0.5, 0.6) is 0 Å². The molecule has 2 aromatic rings. The summed E-state index contributed by atoms with van der Waals surface area (Å²) in [5.74, 6) is 0.892. The summed E-state index contributed by atoms with van der Waals surface area (Å²) in [7, 11) is 0. The summed E-state index contributed by atoms with van der Waals surface area (Å²) in [5.41, 5.74) is 2.24. The predicted molar refractivity (Wildman–Crippen MR) is 68.1 cm³/mol. The van der Waals surface area contributed by atoms with Crippen molar-refractivity contribution in [2.75, 3.05) is 0 Å². The van der Waals surface area contributed by atoms with Crippen LogP contribution in [0.25, 0.3) is 17.1 Å². The van der Waals surface area contributed by atoms with Gasteiger partial charge in [0.05, 0.1) is 0 Å². The molecule has 84 valence electrons. The Bertz CT molecular complexity index is 564. The number of allylic oxidation sites excluding steroid dienone is 4. The summed E-state index contributed by atoms with van der Waals surface area (Å²) in [5, 5.41) is 8.21. The number of benzene rings is 1. The van der Waals surface area contributed by atoms with E-state index in [2.05, 4.69) is 28.4 Å². The Morgan fingerprint density at radius 3 is 2.71 bits per heavy atom. The Balaban J connectivity index is 2.06. The molecule has 0 amide bonds. The Hall–Kier alpha value is -2.16. The third-order valence-electron chi connectivity index (χ3n) is 2.83. The van der Waals surface area contributed by atoms with Gasteiger partial charge in [-0.05, 0) is 18.9 Å². The van der Waals surface area contributed by atoms with Crippen LogP contribution in [0.2, 0.25) is 0 Å². The van der Waals surface area contributed by atoms with E-state index in [9.17, 15) is 0 Å². The molecule has 0 fully saturated rings. The Labute approximate surface area is 100 Å². The van der Waals surface area contributed by atoms with E-state index >= 15 is 0 Å². The zero-order chi connectivity index (χ0) is 11.5. The molecule has 1 aliphatic carbocycles. The summed E-state index contributed by atoms with van der Waals surface area (Å²) < 4.78 is 2.03. The topological polar surface area (TPSA) is 30.7 Å². The molecular formula is C14H13N3. The summed E-state index contributed by atoms with van der Waals surface area (Å²) in [6.07, 6.45) is 10.5. The van der Waals surface area contributed by atoms with Crippen LogP contribution in [0.4, 0.5) is 0 Å². The second kappa shape index (κ2) is 4.37. The maximum atomic E-state index is 4.20. The van der Waals surface area contributed by atoms with Gasteiger partial charge in [0.2, 0.25) is 0 Å². The molecule has 0 aliphatic heterocycles. The maximum Gasteiger partial charge on any atom is 0.168 e. The third kappa shape index (κ3) is 1.91. The minimum absolute atomic E-state index is 0.892. The summed E-state index contributed by atoms with van der Waals surface area (Å²) in [6.45, 7) is 0. The Morgan fingerprint density at radius 1 is 1.06 bits per heavy atom. The zero-order valence-electron chi connectivity index (χ0n) is 9.45. The van der Waals surface area contributed by atoms with Crippen molar-refractivity contribution in [2.45, 2.75) is 12.8 Å². The van der Waals surface area contributed by atoms with Crippen LogP contribution in [0.1, 0.15) is 12.8 Å². The molecule has 0 spiro atoms. The van der Waals surface area contributed by atoms with Crippen molar-refractivity contribution < 1.29 is 0 Å². The third-order valence-corrected chi connectivity index (χ3v) is 2.83. The van der Waals surface area contributed by atoms with Gasteiger partial charge in [-0.1, -0.05) is 42.5 Å². The maximum absolute atomic E-state index is 4.20. The lowest BCUT2D eigenvalue weighted by atomic mass is 10.1. The molecule has 3 rings (SSSR count). The van der Waals surface area contributed by atoms with Crippen molar-refractivity contribution in [2.24, 2.45) is 0 Å². The van der Waals surface area contributed by atoms with Gasteiger partial charge < -0.3 is 0 Å². The molecule has 1 aromatic heterocycles. The van der Waals surface area contributed by atoms with Crippen LogP contribution in [0.15, 0.2) is 54.9 Å². The van der Waals surface area contributed by atoms with E-state index in [4.69, 9.17) is 0 Å². The normalized spacial score (nSPS) is 14.7. The van der Waals surface area contributed by atoms with Crippen molar-refractivity contribution in [3.63, 3.8) is 0 Å². The van der Waals surface area contributed by atoms with E-state index in [0.717, 1.165) is 29.9 Å². The first-order valence-electron chi connectivity index (χ1n) is 5.78. The van der Waals surface area contributed by atoms with Gasteiger partial charge in [0, 0.05) is 11.3 Å². The standard InChI is InChI=1S/C14H13N3/c1-3-7-12(8-4-1)14-16-15-11-17(14)13-9-5-2-6-10-13/h1,3-5,7-11H,2,6H2. The molecule has 0 atom stereocenters. The van der Waals surface area contributed by atoms with E-state index < -0.39 is 0 Å². The fourth-order valence-electron chi connectivity index (χ4n) is 1.99. The van der Waals surface area contributed by atoms with Crippen LogP contribution in [0.3, 0.4) is 0 Å². The second-order valence-electron chi connectivity index (χ2n) is 4.00. The minimum Gasteiger partial charge on any atom is -0.282 e. The van der Waals surface area contributed by atoms with E-state index in [1.807, 2.05) is 34.9 Å². The monoisotopic (exact) mass is 223 g/mol. The molecular weight excluding hydrogens is 210 g/mol. The lowest BCUT2D eigenvalue weighted by Gasteiger charge is -2.10. The molecule has 0 bridgehead atoms. The molecule has 0 saturated carbocycles. The van der Waals surface area contributed by atoms with Crippen LogP contribution >= 0.6 is 0 Å². The summed E-state index contributed by atoms with van der Waals surface area (Å²) in [4.78, 5) is 0. The lowest BCUT2D eigenvalue weighted by molar-refractivity contribution is 0.999. The second-order valence-corrected chi connectivity index (χ2v) is 4.00. The van der Waals surface area contributed by atoms with Crippen molar-refractivity contribution in [1.29, 1.82) is 0 Å². The van der Waals surface area contributed by atoms with Crippen LogP contribution in [-0.2, 0) is 0 Å². The Morgan fingerprint density at radius 2 is 1.94 bits per heavy atom. The van der Waals surface area contributed by atoms with Crippen molar-refractivity contribution in [1.82, 2.24) is 14.8 Å². The van der Waals surface area contributed by atoms with Gasteiger partial charge in [0.1, 0.15) is 6.33 Å². The fraction of sp³-hybridized carbons (Fsp3) is 0.143. The molecule has 0 saturated heterocycles. The quantitative estimate of drug-likeness (QED) is 0.783. The summed E-state index contributed by atoms with van der Waals surface area (Å²) >= 11 is 0. The van der Waals surface area contributed by atoms with Crippen LogP contribution < -0.4 is 0 Å². The van der Waals surface area contributed by atoms with Crippen molar-refractivity contribution in [3.05, 3.63) is 54.9 Å². The molecule has 3 nitrogen and oxygen atoms in total. The SMILES string of the molecule is C1=CC(n2cnnc2-c2ccccc2)=CCC1. The first-order chi connectivity index (χ1) is 8.45. The smallest absolute Gasteiger partial charge is 0.168 e. The molecule has 17 heavy (non-hydrogen) atoms. The minimum atomic E-state index is 0.892. The van der Waals surface area contributed by atoms with Gasteiger partial charge in [-0.25, -0.2) is 0 Å². The lowest BCUT2D eigenvalue weighted by Crippen LogP contribution is -1.98. The van der Waals surface area contributed by atoms with Gasteiger partial charge in [-0.3, -0.25) is 4.57 Å². The number of rotatable bonds is 2. The predicted octanol–water partition coefficient (Wildman–Crippen LogP) is 3.14. The molecule has 0 radical (unpaired) electrons. The molecule has 3 heteroatoms. The van der Waals surface area contributed by atoms with Gasteiger partial charge in [0.25, 0.3) is 0 Å². The highest BCUT2D eigenvalue weighted by Crippen LogP contribution is 2.22. The average molecular weight is 223 g/mol. The number of aromatic nitrogens is 3. The number of nitrogens with zero attached hydrogens (tertiary/aromatic N) is 3. The first-order valence-corrected chi connectivity index (χ1v) is 5.78. The molecule has 1 heterocycles. The molecule has 0 unspecified atom stereocenters. The van der Waals surface area contributed by atoms with Crippen molar-refractivity contribution >= 4 is 5.70 Å². The van der Waals surface area contributed by atoms with Crippen LogP contribution in [-0.4, -0.2) is 14.8 Å². The Kier molecular flexibility index (Phi) is 2.58. The van der Waals surface area contributed by atoms with Gasteiger partial charge in [0.15, 0.2) is 5.82 Å². The number of hydrogen-bond donors (Lipinski definition) is 0. The average Bonchev–Trinajstić information content (AvgIpc) is 2.90. The van der Waals surface area contributed by atoms with Gasteiger partial charge in [-0.2, -0.15) is 0 Å². The van der Waals surface area contributed by atoms with E-state index in [0.29, 0.717) is 0 Å². The van der Waals surface area contributed by atoms with E-state index in [1.165, 1.54) is 0 Å². The highest BCUT2D eigenvalue weighted by Gasteiger charge is 2.09. The molecule has 0 N–H and O–H groups in total. The summed E-state index contributed by atoms with van der Waals surface area (Å²) in [6, 6.07) is 10.1. The molecule has 1 aromatic carbocycles. The highest BCUT2D eigenvalue weighted by molar-refractivity contribution is 5.66. The highest BCUT2D eigenvalue weighted by atomic mass is 15.3. The largest absolute Gasteiger partial charge is 0.282 e. The fourth-order valence-corrected chi connectivity index (χ4v) is 1.99. The van der Waals surface area contributed by atoms with Crippen LogP contribution in [0, 0.1) is 0 Å². The zero-order valence-corrected chi connectivity index (χ0v) is 9.45. The molecule has 1 aliphatic rings. The number of hydrogen-bond acceptors (Lipinski definition) is 2. The first kappa shape index (κ1) is 10.0. The van der Waals surface area contributed by atoms with E-state index in [-0.39, 0.29) is 0 Å².